The van der Waals surface area contributed by atoms with Crippen LogP contribution >= 0.6 is 0 Å². The standard InChI is InChI=1S/C14H30N2O/c1-5-9-15-10-13-7-8-14(13)16(6-2)12(3)11-17-4/h12-15H,5-11H2,1-4H3. The molecule has 0 bridgehead atoms. The van der Waals surface area contributed by atoms with Gasteiger partial charge in [-0.1, -0.05) is 13.8 Å². The third kappa shape index (κ3) is 4.23. The third-order valence-corrected chi connectivity index (χ3v) is 3.98. The third-order valence-electron chi connectivity index (χ3n) is 3.98. The molecule has 3 heteroatoms. The first-order chi connectivity index (χ1) is 8.24. The molecule has 3 nitrogen and oxygen atoms in total. The fourth-order valence-electron chi connectivity index (χ4n) is 2.90. The van der Waals surface area contributed by atoms with Gasteiger partial charge in [0, 0.05) is 19.2 Å². The van der Waals surface area contributed by atoms with Crippen molar-refractivity contribution >= 4 is 0 Å². The van der Waals surface area contributed by atoms with Gasteiger partial charge in [-0.2, -0.15) is 0 Å². The molecular weight excluding hydrogens is 212 g/mol. The molecule has 0 aromatic rings. The van der Waals surface area contributed by atoms with Crippen LogP contribution < -0.4 is 5.32 Å². The first kappa shape index (κ1) is 14.9. The van der Waals surface area contributed by atoms with Gasteiger partial charge in [-0.25, -0.2) is 0 Å². The smallest absolute Gasteiger partial charge is 0.0615 e. The van der Waals surface area contributed by atoms with Crippen LogP contribution in [0.15, 0.2) is 0 Å². The molecule has 17 heavy (non-hydrogen) atoms. The summed E-state index contributed by atoms with van der Waals surface area (Å²) in [5, 5.41) is 3.56. The highest BCUT2D eigenvalue weighted by atomic mass is 16.5. The molecule has 0 aromatic heterocycles. The first-order valence-electron chi connectivity index (χ1n) is 7.19. The van der Waals surface area contributed by atoms with E-state index >= 15 is 0 Å². The van der Waals surface area contributed by atoms with Gasteiger partial charge < -0.3 is 10.1 Å². The molecule has 1 saturated carbocycles. The number of ether oxygens (including phenoxy) is 1. The average Bonchev–Trinajstić information content (AvgIpc) is 2.30. The van der Waals surface area contributed by atoms with Crippen molar-refractivity contribution in [1.82, 2.24) is 10.2 Å². The van der Waals surface area contributed by atoms with Gasteiger partial charge in [-0.3, -0.25) is 4.90 Å². The van der Waals surface area contributed by atoms with Gasteiger partial charge >= 0.3 is 0 Å². The zero-order valence-electron chi connectivity index (χ0n) is 12.0. The van der Waals surface area contributed by atoms with Crippen molar-refractivity contribution in [1.29, 1.82) is 0 Å². The summed E-state index contributed by atoms with van der Waals surface area (Å²) >= 11 is 0. The Balaban J connectivity index is 2.35. The van der Waals surface area contributed by atoms with Crippen LogP contribution in [0.2, 0.25) is 0 Å². The molecule has 3 atom stereocenters. The van der Waals surface area contributed by atoms with Gasteiger partial charge in [0.05, 0.1) is 6.61 Å². The van der Waals surface area contributed by atoms with E-state index in [9.17, 15) is 0 Å². The van der Waals surface area contributed by atoms with Gasteiger partial charge in [0.2, 0.25) is 0 Å². The molecule has 3 unspecified atom stereocenters. The summed E-state index contributed by atoms with van der Waals surface area (Å²) in [5.41, 5.74) is 0. The highest BCUT2D eigenvalue weighted by Crippen LogP contribution is 2.32. The van der Waals surface area contributed by atoms with E-state index in [0.717, 1.165) is 31.7 Å². The van der Waals surface area contributed by atoms with Crippen molar-refractivity contribution in [3.63, 3.8) is 0 Å². The van der Waals surface area contributed by atoms with Crippen LogP contribution in [0.4, 0.5) is 0 Å². The van der Waals surface area contributed by atoms with Gasteiger partial charge in [0.1, 0.15) is 0 Å². The highest BCUT2D eigenvalue weighted by molar-refractivity contribution is 4.91. The van der Waals surface area contributed by atoms with Crippen molar-refractivity contribution in [2.75, 3.05) is 33.4 Å². The maximum atomic E-state index is 5.28. The van der Waals surface area contributed by atoms with Gasteiger partial charge in [-0.05, 0) is 51.7 Å². The summed E-state index contributed by atoms with van der Waals surface area (Å²) in [6.07, 6.45) is 3.98. The SMILES string of the molecule is CCCNCC1CCC1N(CC)C(C)COC. The number of likely N-dealkylation sites (N-methyl/N-ethyl adjacent to an activating group) is 1. The summed E-state index contributed by atoms with van der Waals surface area (Å²) in [6.45, 7) is 11.1. The maximum Gasteiger partial charge on any atom is 0.0615 e. The quantitative estimate of drug-likeness (QED) is 0.627. The minimum atomic E-state index is 0.545. The molecule has 1 rings (SSSR count). The minimum Gasteiger partial charge on any atom is -0.383 e. The number of methoxy groups -OCH3 is 1. The Morgan fingerprint density at radius 3 is 2.59 bits per heavy atom. The number of rotatable bonds is 9. The lowest BCUT2D eigenvalue weighted by molar-refractivity contribution is 0.00802. The fraction of sp³-hybridized carbons (Fsp3) is 1.00. The number of hydrogen-bond acceptors (Lipinski definition) is 3. The maximum absolute atomic E-state index is 5.28. The van der Waals surface area contributed by atoms with E-state index in [1.165, 1.54) is 25.8 Å². The van der Waals surface area contributed by atoms with Crippen LogP contribution in [0.25, 0.3) is 0 Å². The van der Waals surface area contributed by atoms with Crippen molar-refractivity contribution in [3.05, 3.63) is 0 Å². The topological polar surface area (TPSA) is 24.5 Å². The number of nitrogens with zero attached hydrogens (tertiary/aromatic N) is 1. The molecule has 1 aliphatic rings. The molecule has 102 valence electrons. The molecule has 0 amide bonds. The minimum absolute atomic E-state index is 0.545. The molecule has 1 fully saturated rings. The molecule has 1 N–H and O–H groups in total. The average molecular weight is 242 g/mol. The highest BCUT2D eigenvalue weighted by Gasteiger charge is 2.36. The van der Waals surface area contributed by atoms with Crippen molar-refractivity contribution in [2.24, 2.45) is 5.92 Å². The largest absolute Gasteiger partial charge is 0.383 e. The Morgan fingerprint density at radius 2 is 2.12 bits per heavy atom. The summed E-state index contributed by atoms with van der Waals surface area (Å²) in [7, 11) is 1.80. The Kier molecular flexibility index (Phi) is 7.09. The first-order valence-corrected chi connectivity index (χ1v) is 7.19. The van der Waals surface area contributed by atoms with Crippen LogP contribution in [0.5, 0.6) is 0 Å². The molecule has 0 aliphatic heterocycles. The van der Waals surface area contributed by atoms with Crippen LogP contribution in [0.1, 0.15) is 40.0 Å². The van der Waals surface area contributed by atoms with E-state index < -0.39 is 0 Å². The second-order valence-corrected chi connectivity index (χ2v) is 5.24. The van der Waals surface area contributed by atoms with Crippen molar-refractivity contribution in [2.45, 2.75) is 52.1 Å². The summed E-state index contributed by atoms with van der Waals surface area (Å²) in [4.78, 5) is 2.62. The Morgan fingerprint density at radius 1 is 1.35 bits per heavy atom. The van der Waals surface area contributed by atoms with Crippen LogP contribution in [0.3, 0.4) is 0 Å². The van der Waals surface area contributed by atoms with Crippen molar-refractivity contribution < 1.29 is 4.74 Å². The van der Waals surface area contributed by atoms with Crippen LogP contribution in [0, 0.1) is 5.92 Å². The zero-order chi connectivity index (χ0) is 12.7. The lowest BCUT2D eigenvalue weighted by atomic mass is 9.77. The fourth-order valence-corrected chi connectivity index (χ4v) is 2.90. The van der Waals surface area contributed by atoms with Gasteiger partial charge in [0.25, 0.3) is 0 Å². The number of nitrogens with one attached hydrogen (secondary N) is 1. The predicted molar refractivity (Wildman–Crippen MR) is 73.4 cm³/mol. The number of hydrogen-bond donors (Lipinski definition) is 1. The molecule has 0 radical (unpaired) electrons. The predicted octanol–water partition coefficient (Wildman–Crippen LogP) is 2.12. The van der Waals surface area contributed by atoms with E-state index in [1.54, 1.807) is 7.11 Å². The van der Waals surface area contributed by atoms with E-state index in [0.29, 0.717) is 6.04 Å². The van der Waals surface area contributed by atoms with E-state index in [2.05, 4.69) is 31.0 Å². The van der Waals surface area contributed by atoms with E-state index in [-0.39, 0.29) is 0 Å². The Bertz CT molecular complexity index is 199. The van der Waals surface area contributed by atoms with E-state index in [4.69, 9.17) is 4.74 Å². The summed E-state index contributed by atoms with van der Waals surface area (Å²) in [6, 6.07) is 1.32. The normalized spacial score (nSPS) is 25.9. The molecule has 0 saturated heterocycles. The molecule has 0 aromatic carbocycles. The lowest BCUT2D eigenvalue weighted by Gasteiger charge is -2.46. The second kappa shape index (κ2) is 8.06. The van der Waals surface area contributed by atoms with Crippen LogP contribution in [-0.2, 0) is 4.74 Å². The van der Waals surface area contributed by atoms with Gasteiger partial charge in [-0.15, -0.1) is 0 Å². The Hall–Kier alpha value is -0.120. The molecular formula is C14H30N2O. The molecule has 0 heterocycles. The molecule has 1 aliphatic carbocycles. The summed E-state index contributed by atoms with van der Waals surface area (Å²) in [5.74, 6) is 0.848. The second-order valence-electron chi connectivity index (χ2n) is 5.24. The van der Waals surface area contributed by atoms with Crippen molar-refractivity contribution in [3.8, 4) is 0 Å². The Labute approximate surface area is 107 Å². The zero-order valence-corrected chi connectivity index (χ0v) is 12.0. The van der Waals surface area contributed by atoms with E-state index in [1.807, 2.05) is 0 Å². The van der Waals surface area contributed by atoms with Crippen LogP contribution in [-0.4, -0.2) is 50.3 Å². The monoisotopic (exact) mass is 242 g/mol. The molecule has 0 spiro atoms. The van der Waals surface area contributed by atoms with Gasteiger partial charge in [0.15, 0.2) is 0 Å². The summed E-state index contributed by atoms with van der Waals surface area (Å²) < 4.78 is 5.28. The lowest BCUT2D eigenvalue weighted by Crippen LogP contribution is -2.54.